The van der Waals surface area contributed by atoms with Gasteiger partial charge in [0.15, 0.2) is 51.9 Å². The quantitative estimate of drug-likeness (QED) is 0.0718. The number of Topliss-reactive ketones (excluding diaryl/α,β-unsaturated/α-hetero) is 4. The second-order valence-corrected chi connectivity index (χ2v) is 18.1. The number of carbonyl (C=O) groups excluding carboxylic acids is 6. The predicted molar refractivity (Wildman–Crippen MR) is 244 cm³/mol. The van der Waals surface area contributed by atoms with Crippen LogP contribution in [0.15, 0.2) is 62.6 Å². The smallest absolute Gasteiger partial charge is 0.364 e. The predicted octanol–water partition coefficient (Wildman–Crippen LogP) is 3.25. The summed E-state index contributed by atoms with van der Waals surface area (Å²) in [4.78, 5) is 102. The Balaban J connectivity index is 1.22. The number of nitrogens with zero attached hydrogens (tertiary/aromatic N) is 2. The summed E-state index contributed by atoms with van der Waals surface area (Å²) >= 11 is 0. The fourth-order valence-corrected chi connectivity index (χ4v) is 9.29. The minimum absolute atomic E-state index is 0.0413. The van der Waals surface area contributed by atoms with E-state index in [0.717, 1.165) is 12.1 Å². The van der Waals surface area contributed by atoms with Crippen LogP contribution in [-0.2, 0) is 23.7 Å². The molecule has 0 spiro atoms. The molecule has 2 aromatic carbocycles. The van der Waals surface area contributed by atoms with E-state index in [1.165, 1.54) is 80.0 Å². The Morgan fingerprint density at radius 2 is 1.67 bits per heavy atom. The Hall–Kier alpha value is -7.74. The number of esters is 1. The number of methoxy groups -OCH3 is 2. The fourth-order valence-electron chi connectivity index (χ4n) is 9.29. The van der Waals surface area contributed by atoms with E-state index in [4.69, 9.17) is 32.8 Å². The third kappa shape index (κ3) is 8.35. The molecule has 5 heterocycles. The van der Waals surface area contributed by atoms with Gasteiger partial charge in [-0.3, -0.25) is 29.2 Å². The lowest BCUT2D eigenvalue weighted by molar-refractivity contribution is -0.274. The Morgan fingerprint density at radius 1 is 0.958 bits per heavy atom. The topological polar surface area (TPSA) is 352 Å². The molecule has 3 aliphatic heterocycles. The maximum Gasteiger partial charge on any atom is 0.364 e. The first-order chi connectivity index (χ1) is 33.8. The van der Waals surface area contributed by atoms with Crippen molar-refractivity contribution in [2.45, 2.75) is 89.8 Å². The highest BCUT2D eigenvalue weighted by Gasteiger charge is 2.52. The summed E-state index contributed by atoms with van der Waals surface area (Å²) in [5.74, 6) is -12.0. The molecule has 1 saturated heterocycles. The molecule has 8 atom stereocenters. The summed E-state index contributed by atoms with van der Waals surface area (Å²) in [7, 11) is 2.62. The van der Waals surface area contributed by atoms with Gasteiger partial charge in [-0.05, 0) is 64.0 Å². The van der Waals surface area contributed by atoms with Gasteiger partial charge in [-0.2, -0.15) is 0 Å². The molecule has 1 aliphatic carbocycles. The molecule has 1 unspecified atom stereocenters. The number of phenolic OH excluding ortho intramolecular Hbond substituents is 1. The molecular weight excluding hydrogens is 953 g/mol. The van der Waals surface area contributed by atoms with Crippen molar-refractivity contribution >= 4 is 51.7 Å². The van der Waals surface area contributed by atoms with Crippen LogP contribution < -0.4 is 25.7 Å². The van der Waals surface area contributed by atoms with Crippen LogP contribution in [0.4, 0.5) is 5.69 Å². The van der Waals surface area contributed by atoms with Crippen LogP contribution in [0.5, 0.6) is 28.7 Å². The normalized spacial score (nSPS) is 26.2. The van der Waals surface area contributed by atoms with E-state index in [1.807, 2.05) is 0 Å². The van der Waals surface area contributed by atoms with E-state index in [1.54, 1.807) is 0 Å². The molecule has 24 heteroatoms. The average molecular weight is 1000 g/mol. The first-order valence-corrected chi connectivity index (χ1v) is 22.1. The highest BCUT2D eigenvalue weighted by Crippen LogP contribution is 2.42. The molecule has 8 rings (SSSR count). The number of ether oxygens (including phenoxy) is 6. The first-order valence-electron chi connectivity index (χ1n) is 22.1. The zero-order chi connectivity index (χ0) is 52.6. The molecule has 7 N–H and O–H groups in total. The number of ketones is 4. The van der Waals surface area contributed by atoms with E-state index < -0.39 is 158 Å². The number of aryl methyl sites for hydroxylation is 1. The van der Waals surface area contributed by atoms with Gasteiger partial charge in [0.05, 0.1) is 41.8 Å². The van der Waals surface area contributed by atoms with Crippen molar-refractivity contribution in [2.75, 3.05) is 26.1 Å². The van der Waals surface area contributed by atoms with E-state index in [9.17, 15) is 64.4 Å². The molecular formula is C48H47N4O20-. The second-order valence-electron chi connectivity index (χ2n) is 18.1. The summed E-state index contributed by atoms with van der Waals surface area (Å²) < 4.78 is 39.4. The van der Waals surface area contributed by atoms with Crippen LogP contribution in [-0.4, -0.2) is 133 Å². The zero-order valence-electron chi connectivity index (χ0n) is 39.6. The van der Waals surface area contributed by atoms with Crippen LogP contribution in [0.2, 0.25) is 0 Å². The van der Waals surface area contributed by atoms with Gasteiger partial charge in [-0.25, -0.2) is 14.6 Å². The zero-order valence-corrected chi connectivity index (χ0v) is 39.6. The molecule has 1 fully saturated rings. The number of phenols is 1. The summed E-state index contributed by atoms with van der Waals surface area (Å²) in [5, 5.41) is 73.2. The monoisotopic (exact) mass is 999 g/mol. The lowest BCUT2D eigenvalue weighted by atomic mass is 9.82. The number of nitrogens with one attached hydrogen (secondary N) is 2. The number of aliphatic hydroxyl groups is 1. The molecule has 0 saturated carbocycles. The van der Waals surface area contributed by atoms with Crippen molar-refractivity contribution in [3.63, 3.8) is 0 Å². The molecule has 4 aliphatic rings. The number of hydroxylamine groups is 2. The second kappa shape index (κ2) is 18.5. The molecule has 24 nitrogen and oxygen atoms in total. The number of amides is 1. The molecule has 380 valence electrons. The molecule has 1 amide bonds. The van der Waals surface area contributed by atoms with Gasteiger partial charge in [0.1, 0.15) is 40.7 Å². The van der Waals surface area contributed by atoms with E-state index in [0.29, 0.717) is 0 Å². The van der Waals surface area contributed by atoms with Crippen molar-refractivity contribution in [3.8, 4) is 28.7 Å². The van der Waals surface area contributed by atoms with E-state index in [2.05, 4.69) is 15.6 Å². The average Bonchev–Trinajstić information content (AvgIpc) is 3.33. The largest absolute Gasteiger partial charge is 0.762 e. The lowest BCUT2D eigenvalue weighted by Gasteiger charge is -2.52. The van der Waals surface area contributed by atoms with Crippen LogP contribution in [0.1, 0.15) is 98.7 Å². The van der Waals surface area contributed by atoms with Gasteiger partial charge in [0.25, 0.3) is 5.91 Å². The number of aromatic hydroxyl groups is 3. The summed E-state index contributed by atoms with van der Waals surface area (Å²) in [6.45, 7) is 7.45. The Bertz CT molecular complexity index is 3160. The number of aromatic nitrogens is 1. The van der Waals surface area contributed by atoms with Crippen LogP contribution in [0.3, 0.4) is 0 Å². The summed E-state index contributed by atoms with van der Waals surface area (Å²) in [5.41, 5.74) is -9.84. The summed E-state index contributed by atoms with van der Waals surface area (Å²) in [6, 6.07) is 6.09. The van der Waals surface area contributed by atoms with Gasteiger partial charge in [0, 0.05) is 37.1 Å². The van der Waals surface area contributed by atoms with Crippen LogP contribution >= 0.6 is 0 Å². The van der Waals surface area contributed by atoms with Crippen molar-refractivity contribution in [3.05, 3.63) is 103 Å². The minimum atomic E-state index is -2.39. The number of carbonyl (C=O) groups is 6. The number of fused-ring (bicyclic) bond motifs is 2. The standard InChI is InChI=1S/C48H47N4O20/c1-17-11-19(3)40(39(59)42(60)48(6)16-49-30-36(56)23-12-18(2)34(54)29(33(17)53)28(23)38(58)41(30)72-48)71-46(63)32-37(57)26(69-27-15-47(5,52(64)65)43(67-8)20(4)68-27)14-24(50-32)44(61)51-31-35(55)22-10-9-21(66-7)13-25(22)70-45(31)62/h9-14,19-20,27,39-40,43,49,54-55,57,59,64H,15-16H2,1-8H3,(H,51,61)/q-1/t19-,20+,27+,39-,40?,43+,47-,48-/m0/s1. The molecule has 72 heavy (non-hydrogen) atoms. The number of pyridine rings is 1. The maximum absolute atomic E-state index is 14.5. The van der Waals surface area contributed by atoms with Crippen LogP contribution in [0, 0.1) is 18.0 Å². The van der Waals surface area contributed by atoms with Gasteiger partial charge in [0.2, 0.25) is 23.6 Å². The number of benzene rings is 2. The highest BCUT2D eigenvalue weighted by molar-refractivity contribution is 6.31. The number of rotatable bonds is 9. The van der Waals surface area contributed by atoms with E-state index in [-0.39, 0.29) is 44.3 Å². The number of hydrogen-bond donors (Lipinski definition) is 7. The summed E-state index contributed by atoms with van der Waals surface area (Å²) in [6.07, 6.45) is -7.30. The molecule has 4 aromatic rings. The third-order valence-corrected chi connectivity index (χ3v) is 13.2. The lowest BCUT2D eigenvalue weighted by Crippen LogP contribution is -2.62. The Kier molecular flexibility index (Phi) is 13.0. The minimum Gasteiger partial charge on any atom is -0.762 e. The molecule has 2 aromatic heterocycles. The third-order valence-electron chi connectivity index (χ3n) is 13.2. The Labute approximate surface area is 406 Å². The molecule has 3 bridgehead atoms. The van der Waals surface area contributed by atoms with Gasteiger partial charge in [-0.1, -0.05) is 13.0 Å². The van der Waals surface area contributed by atoms with Crippen molar-refractivity contribution in [2.24, 2.45) is 5.92 Å². The van der Waals surface area contributed by atoms with Crippen molar-refractivity contribution in [1.82, 2.24) is 15.5 Å². The first kappa shape index (κ1) is 50.6. The van der Waals surface area contributed by atoms with E-state index >= 15 is 0 Å². The SMILES string of the molecule is COc1ccc2c(O)c(NC(=O)c3cc(O[C@@H]4C[C@](C)(N([O-])O)[C@H](OC)[C@@H](C)O4)c(O)c(C(=O)OC4[C@H](O)C(=O)[C@]5(C)CNC6=C(O5)C(=O)c5c(cc(C)c(O)c5C(=O)C(C)=C[C@@H]4C)C6=O)n3)c(=O)oc2c1. The van der Waals surface area contributed by atoms with Crippen molar-refractivity contribution < 1.29 is 87.2 Å². The number of anilines is 1. The van der Waals surface area contributed by atoms with Crippen LogP contribution in [0.25, 0.3) is 11.0 Å². The maximum atomic E-state index is 14.5. The van der Waals surface area contributed by atoms with Gasteiger partial charge >= 0.3 is 11.6 Å². The fraction of sp³-hybridized carbons (Fsp3) is 0.375. The number of aliphatic hydroxyl groups excluding tert-OH is 1. The van der Waals surface area contributed by atoms with Gasteiger partial charge < -0.3 is 74.3 Å². The van der Waals surface area contributed by atoms with Crippen molar-refractivity contribution in [1.29, 1.82) is 0 Å². The molecule has 0 radical (unpaired) electrons. The van der Waals surface area contributed by atoms with Gasteiger partial charge in [-0.15, -0.1) is 0 Å². The Morgan fingerprint density at radius 3 is 2.33 bits per heavy atom. The highest BCUT2D eigenvalue weighted by atomic mass is 16.8. The number of allylic oxidation sites excluding steroid dienone is 3. The number of hydrogen-bond acceptors (Lipinski definition) is 23.